The Hall–Kier alpha value is -1.88. The van der Waals surface area contributed by atoms with Crippen LogP contribution in [0.25, 0.3) is 0 Å². The Bertz CT molecular complexity index is 551. The molecule has 0 atom stereocenters. The minimum Gasteiger partial charge on any atom is -0.331 e. The lowest BCUT2D eigenvalue weighted by molar-refractivity contribution is 0.102. The van der Waals surface area contributed by atoms with Crippen LogP contribution in [0.2, 0.25) is 5.15 Å². The first-order chi connectivity index (χ1) is 8.56. The number of pyridine rings is 1. The number of carbonyl (C=O) groups is 1. The number of nitrogens with zero attached hydrogens (tertiary/aromatic N) is 2. The topological polar surface area (TPSA) is 70.7 Å². The molecular weight excluding hydrogens is 252 g/mol. The predicted octanol–water partition coefficient (Wildman–Crippen LogP) is 2.83. The summed E-state index contributed by atoms with van der Waals surface area (Å²) in [5.41, 5.74) is 1.25. The van der Waals surface area contributed by atoms with Crippen LogP contribution >= 0.6 is 11.6 Å². The number of hydrogen-bond donors (Lipinski definition) is 2. The molecule has 6 heteroatoms. The lowest BCUT2D eigenvalue weighted by atomic mass is 10.1. The molecule has 2 aromatic heterocycles. The number of H-pyrrole nitrogens is 1. The van der Waals surface area contributed by atoms with E-state index in [4.69, 9.17) is 11.6 Å². The van der Waals surface area contributed by atoms with Gasteiger partial charge in [0, 0.05) is 23.7 Å². The minimum atomic E-state index is -0.267. The van der Waals surface area contributed by atoms with Gasteiger partial charge in [0.25, 0.3) is 5.91 Å². The second kappa shape index (κ2) is 5.18. The van der Waals surface area contributed by atoms with E-state index in [1.54, 1.807) is 18.5 Å². The van der Waals surface area contributed by atoms with Crippen molar-refractivity contribution in [2.75, 3.05) is 5.32 Å². The molecule has 18 heavy (non-hydrogen) atoms. The first-order valence-corrected chi connectivity index (χ1v) is 5.92. The fourth-order valence-corrected chi connectivity index (χ4v) is 1.67. The van der Waals surface area contributed by atoms with Gasteiger partial charge in [-0.3, -0.25) is 10.1 Å². The van der Waals surface area contributed by atoms with Gasteiger partial charge in [-0.2, -0.15) is 0 Å². The van der Waals surface area contributed by atoms with Crippen molar-refractivity contribution < 1.29 is 4.79 Å². The molecule has 0 bridgehead atoms. The molecule has 2 N–H and O–H groups in total. The van der Waals surface area contributed by atoms with E-state index in [2.05, 4.69) is 20.3 Å². The normalized spacial score (nSPS) is 10.7. The number of amides is 1. The molecule has 0 saturated carbocycles. The first-order valence-electron chi connectivity index (χ1n) is 5.54. The van der Waals surface area contributed by atoms with Crippen molar-refractivity contribution in [2.24, 2.45) is 0 Å². The Balaban J connectivity index is 2.24. The SMILES string of the molecule is CC(C)c1cc(C(=O)Nc2ncc[nH]2)cc(Cl)n1. The highest BCUT2D eigenvalue weighted by atomic mass is 35.5. The molecule has 0 aliphatic rings. The lowest BCUT2D eigenvalue weighted by Gasteiger charge is -2.08. The predicted molar refractivity (Wildman–Crippen MR) is 69.9 cm³/mol. The summed E-state index contributed by atoms with van der Waals surface area (Å²) in [7, 11) is 0. The molecule has 2 heterocycles. The number of aromatic nitrogens is 3. The van der Waals surface area contributed by atoms with Gasteiger partial charge in [-0.1, -0.05) is 25.4 Å². The van der Waals surface area contributed by atoms with Crippen LogP contribution in [0.5, 0.6) is 0 Å². The molecule has 0 saturated heterocycles. The molecule has 1 amide bonds. The summed E-state index contributed by atoms with van der Waals surface area (Å²) < 4.78 is 0. The van der Waals surface area contributed by atoms with Crippen LogP contribution in [0, 0.1) is 0 Å². The molecule has 2 aromatic rings. The number of carbonyl (C=O) groups excluding carboxylic acids is 1. The van der Waals surface area contributed by atoms with Crippen molar-refractivity contribution in [1.29, 1.82) is 0 Å². The van der Waals surface area contributed by atoms with E-state index >= 15 is 0 Å². The van der Waals surface area contributed by atoms with Crippen molar-refractivity contribution in [3.63, 3.8) is 0 Å². The Morgan fingerprint density at radius 3 is 2.83 bits per heavy atom. The number of aromatic amines is 1. The summed E-state index contributed by atoms with van der Waals surface area (Å²) in [6.45, 7) is 3.99. The Morgan fingerprint density at radius 1 is 1.44 bits per heavy atom. The van der Waals surface area contributed by atoms with E-state index in [0.717, 1.165) is 5.69 Å². The zero-order valence-electron chi connectivity index (χ0n) is 10.1. The van der Waals surface area contributed by atoms with Crippen LogP contribution in [0.1, 0.15) is 35.8 Å². The lowest BCUT2D eigenvalue weighted by Crippen LogP contribution is -2.14. The van der Waals surface area contributed by atoms with Gasteiger partial charge in [0.2, 0.25) is 5.95 Å². The molecule has 2 rings (SSSR count). The molecule has 0 fully saturated rings. The van der Waals surface area contributed by atoms with Crippen LogP contribution in [-0.2, 0) is 0 Å². The zero-order chi connectivity index (χ0) is 13.1. The molecule has 0 aromatic carbocycles. The van der Waals surface area contributed by atoms with E-state index in [1.165, 1.54) is 6.07 Å². The van der Waals surface area contributed by atoms with Crippen LogP contribution in [-0.4, -0.2) is 20.9 Å². The number of rotatable bonds is 3. The summed E-state index contributed by atoms with van der Waals surface area (Å²) in [6.07, 6.45) is 3.20. The highest BCUT2D eigenvalue weighted by molar-refractivity contribution is 6.29. The van der Waals surface area contributed by atoms with E-state index in [0.29, 0.717) is 16.7 Å². The van der Waals surface area contributed by atoms with E-state index in [-0.39, 0.29) is 11.8 Å². The summed E-state index contributed by atoms with van der Waals surface area (Å²) in [5.74, 6) is 0.342. The van der Waals surface area contributed by atoms with E-state index < -0.39 is 0 Å². The summed E-state index contributed by atoms with van der Waals surface area (Å²) in [4.78, 5) is 22.9. The van der Waals surface area contributed by atoms with Crippen LogP contribution < -0.4 is 5.32 Å². The number of hydrogen-bond acceptors (Lipinski definition) is 3. The van der Waals surface area contributed by atoms with Gasteiger partial charge >= 0.3 is 0 Å². The van der Waals surface area contributed by atoms with Gasteiger partial charge in [0.15, 0.2) is 0 Å². The first kappa shape index (κ1) is 12.6. The molecule has 94 valence electrons. The van der Waals surface area contributed by atoms with Crippen LogP contribution in [0.3, 0.4) is 0 Å². The molecular formula is C12H13ClN4O. The van der Waals surface area contributed by atoms with E-state index in [9.17, 15) is 4.79 Å². The van der Waals surface area contributed by atoms with Crippen molar-refractivity contribution in [1.82, 2.24) is 15.0 Å². The minimum absolute atomic E-state index is 0.207. The zero-order valence-corrected chi connectivity index (χ0v) is 10.8. The van der Waals surface area contributed by atoms with Gasteiger partial charge in [0.05, 0.1) is 0 Å². The third-order valence-corrected chi connectivity index (χ3v) is 2.59. The fourth-order valence-electron chi connectivity index (χ4n) is 1.46. The molecule has 0 aliphatic heterocycles. The Labute approximate surface area is 110 Å². The van der Waals surface area contributed by atoms with Crippen LogP contribution in [0.15, 0.2) is 24.5 Å². The fraction of sp³-hybridized carbons (Fsp3) is 0.250. The molecule has 0 radical (unpaired) electrons. The maximum atomic E-state index is 12.0. The molecule has 0 unspecified atom stereocenters. The van der Waals surface area contributed by atoms with Gasteiger partial charge < -0.3 is 4.98 Å². The Kier molecular flexibility index (Phi) is 3.62. The third kappa shape index (κ3) is 2.87. The summed E-state index contributed by atoms with van der Waals surface area (Å²) in [5, 5.41) is 2.95. The summed E-state index contributed by atoms with van der Waals surface area (Å²) in [6, 6.07) is 3.26. The maximum Gasteiger partial charge on any atom is 0.258 e. The number of imidazole rings is 1. The number of nitrogens with one attached hydrogen (secondary N) is 2. The third-order valence-electron chi connectivity index (χ3n) is 2.40. The molecule has 0 aliphatic carbocycles. The standard InChI is InChI=1S/C12H13ClN4O/c1-7(2)9-5-8(6-10(13)16-9)11(18)17-12-14-3-4-15-12/h3-7H,1-2H3,(H2,14,15,17,18). The second-order valence-electron chi connectivity index (χ2n) is 4.15. The molecule has 5 nitrogen and oxygen atoms in total. The Morgan fingerprint density at radius 2 is 2.22 bits per heavy atom. The van der Waals surface area contributed by atoms with E-state index in [1.807, 2.05) is 13.8 Å². The molecule has 0 spiro atoms. The van der Waals surface area contributed by atoms with Gasteiger partial charge in [0.1, 0.15) is 5.15 Å². The second-order valence-corrected chi connectivity index (χ2v) is 4.54. The largest absolute Gasteiger partial charge is 0.331 e. The van der Waals surface area contributed by atoms with Gasteiger partial charge in [-0.25, -0.2) is 9.97 Å². The average Bonchev–Trinajstić information content (AvgIpc) is 2.80. The highest BCUT2D eigenvalue weighted by Crippen LogP contribution is 2.18. The smallest absolute Gasteiger partial charge is 0.258 e. The quantitative estimate of drug-likeness (QED) is 0.838. The monoisotopic (exact) mass is 264 g/mol. The van der Waals surface area contributed by atoms with Crippen molar-refractivity contribution in [3.05, 3.63) is 40.9 Å². The highest BCUT2D eigenvalue weighted by Gasteiger charge is 2.12. The maximum absolute atomic E-state index is 12.0. The van der Waals surface area contributed by atoms with Crippen molar-refractivity contribution in [2.45, 2.75) is 19.8 Å². The number of halogens is 1. The van der Waals surface area contributed by atoms with Gasteiger partial charge in [-0.05, 0) is 18.1 Å². The van der Waals surface area contributed by atoms with Gasteiger partial charge in [-0.15, -0.1) is 0 Å². The average molecular weight is 265 g/mol. The number of anilines is 1. The van der Waals surface area contributed by atoms with Crippen molar-refractivity contribution >= 4 is 23.5 Å². The van der Waals surface area contributed by atoms with Crippen molar-refractivity contribution in [3.8, 4) is 0 Å². The van der Waals surface area contributed by atoms with Crippen LogP contribution in [0.4, 0.5) is 5.95 Å². The summed E-state index contributed by atoms with van der Waals surface area (Å²) >= 11 is 5.91.